The lowest BCUT2D eigenvalue weighted by atomic mass is 10.00. The minimum Gasteiger partial charge on any atom is -0.319 e. The fourth-order valence-corrected chi connectivity index (χ4v) is 1.65. The second-order valence-electron chi connectivity index (χ2n) is 4.06. The molecule has 0 aromatic heterocycles. The highest BCUT2D eigenvalue weighted by Crippen LogP contribution is 2.29. The molecule has 0 aliphatic carbocycles. The maximum absolute atomic E-state index is 12.3. The largest absolute Gasteiger partial charge is 0.416 e. The molecule has 90 valence electrons. The Kier molecular flexibility index (Phi) is 4.35. The molecule has 0 spiro atoms. The Morgan fingerprint density at radius 1 is 1.19 bits per heavy atom. The van der Waals surface area contributed by atoms with Gasteiger partial charge in [-0.05, 0) is 43.6 Å². The van der Waals surface area contributed by atoms with Gasteiger partial charge >= 0.3 is 6.18 Å². The second kappa shape index (κ2) is 5.34. The van der Waals surface area contributed by atoms with Crippen LogP contribution in [0.4, 0.5) is 13.2 Å². The highest BCUT2D eigenvalue weighted by molar-refractivity contribution is 5.24. The van der Waals surface area contributed by atoms with Crippen LogP contribution in [-0.4, -0.2) is 13.6 Å². The Morgan fingerprint density at radius 2 is 1.75 bits per heavy atom. The minimum atomic E-state index is -4.24. The molecule has 0 aliphatic rings. The summed E-state index contributed by atoms with van der Waals surface area (Å²) in [5.74, 6) is 0.418. The van der Waals surface area contributed by atoms with Gasteiger partial charge in [-0.15, -0.1) is 0 Å². The van der Waals surface area contributed by atoms with Gasteiger partial charge in [0, 0.05) is 0 Å². The molecule has 1 unspecified atom stereocenters. The summed E-state index contributed by atoms with van der Waals surface area (Å²) >= 11 is 0. The van der Waals surface area contributed by atoms with E-state index in [1.807, 2.05) is 7.05 Å². The van der Waals surface area contributed by atoms with Crippen LogP contribution in [-0.2, 0) is 12.6 Å². The molecule has 4 heteroatoms. The number of hydrogen-bond acceptors (Lipinski definition) is 1. The lowest BCUT2D eigenvalue weighted by Gasteiger charge is -2.11. The third kappa shape index (κ3) is 3.85. The van der Waals surface area contributed by atoms with Crippen LogP contribution in [0.25, 0.3) is 0 Å². The van der Waals surface area contributed by atoms with E-state index in [9.17, 15) is 13.2 Å². The van der Waals surface area contributed by atoms with Gasteiger partial charge in [0.15, 0.2) is 0 Å². The average molecular weight is 231 g/mol. The van der Waals surface area contributed by atoms with Crippen molar-refractivity contribution < 1.29 is 13.2 Å². The SMILES string of the molecule is CNCC(C)Cc1ccc(C(F)(F)F)cc1. The zero-order valence-corrected chi connectivity index (χ0v) is 9.43. The molecule has 0 heterocycles. The van der Waals surface area contributed by atoms with Crippen LogP contribution < -0.4 is 5.32 Å². The van der Waals surface area contributed by atoms with Gasteiger partial charge in [0.25, 0.3) is 0 Å². The van der Waals surface area contributed by atoms with Gasteiger partial charge in [0.05, 0.1) is 5.56 Å². The van der Waals surface area contributed by atoms with Crippen molar-refractivity contribution in [1.82, 2.24) is 5.32 Å². The van der Waals surface area contributed by atoms with E-state index in [0.29, 0.717) is 5.92 Å². The minimum absolute atomic E-state index is 0.418. The van der Waals surface area contributed by atoms with E-state index in [1.54, 1.807) is 12.1 Å². The van der Waals surface area contributed by atoms with E-state index < -0.39 is 11.7 Å². The molecular weight excluding hydrogens is 215 g/mol. The van der Waals surface area contributed by atoms with Crippen LogP contribution >= 0.6 is 0 Å². The standard InChI is InChI=1S/C12H16F3N/c1-9(8-16-2)7-10-3-5-11(6-4-10)12(13,14)15/h3-6,9,16H,7-8H2,1-2H3. The van der Waals surface area contributed by atoms with Gasteiger partial charge in [-0.3, -0.25) is 0 Å². The molecule has 1 rings (SSSR count). The van der Waals surface area contributed by atoms with Crippen molar-refractivity contribution >= 4 is 0 Å². The number of nitrogens with one attached hydrogen (secondary N) is 1. The van der Waals surface area contributed by atoms with Crippen molar-refractivity contribution in [3.05, 3.63) is 35.4 Å². The Morgan fingerprint density at radius 3 is 2.19 bits per heavy atom. The molecule has 0 radical (unpaired) electrons. The fourth-order valence-electron chi connectivity index (χ4n) is 1.65. The van der Waals surface area contributed by atoms with Crippen LogP contribution in [0.3, 0.4) is 0 Å². The monoisotopic (exact) mass is 231 g/mol. The maximum Gasteiger partial charge on any atom is 0.416 e. The fraction of sp³-hybridized carbons (Fsp3) is 0.500. The van der Waals surface area contributed by atoms with Crippen molar-refractivity contribution in [3.8, 4) is 0 Å². The van der Waals surface area contributed by atoms with Crippen molar-refractivity contribution in [3.63, 3.8) is 0 Å². The summed E-state index contributed by atoms with van der Waals surface area (Å²) in [5, 5.41) is 3.04. The van der Waals surface area contributed by atoms with E-state index in [0.717, 1.165) is 30.7 Å². The Labute approximate surface area is 93.7 Å². The molecule has 0 aliphatic heterocycles. The Bertz CT molecular complexity index is 316. The molecule has 1 nitrogen and oxygen atoms in total. The van der Waals surface area contributed by atoms with Crippen molar-refractivity contribution in [2.24, 2.45) is 5.92 Å². The molecule has 1 atom stereocenters. The summed E-state index contributed by atoms with van der Waals surface area (Å²) < 4.78 is 36.9. The van der Waals surface area contributed by atoms with Crippen molar-refractivity contribution in [1.29, 1.82) is 0 Å². The molecule has 0 saturated carbocycles. The average Bonchev–Trinajstić information content (AvgIpc) is 2.17. The van der Waals surface area contributed by atoms with Gasteiger partial charge < -0.3 is 5.32 Å². The maximum atomic E-state index is 12.3. The number of benzene rings is 1. The predicted molar refractivity (Wildman–Crippen MR) is 58.2 cm³/mol. The number of alkyl halides is 3. The van der Waals surface area contributed by atoms with E-state index >= 15 is 0 Å². The smallest absolute Gasteiger partial charge is 0.319 e. The molecule has 0 saturated heterocycles. The van der Waals surface area contributed by atoms with E-state index in [-0.39, 0.29) is 0 Å². The van der Waals surface area contributed by atoms with Gasteiger partial charge in [-0.2, -0.15) is 13.2 Å². The van der Waals surface area contributed by atoms with E-state index in [2.05, 4.69) is 12.2 Å². The topological polar surface area (TPSA) is 12.0 Å². The molecule has 0 amide bonds. The summed E-state index contributed by atoms with van der Waals surface area (Å²) in [6.45, 7) is 2.93. The summed E-state index contributed by atoms with van der Waals surface area (Å²) in [5.41, 5.74) is 0.355. The van der Waals surface area contributed by atoms with Gasteiger partial charge in [0.2, 0.25) is 0 Å². The number of hydrogen-bond donors (Lipinski definition) is 1. The van der Waals surface area contributed by atoms with Crippen molar-refractivity contribution in [2.45, 2.75) is 19.5 Å². The Hall–Kier alpha value is -1.03. The molecule has 0 bridgehead atoms. The predicted octanol–water partition coefficient (Wildman–Crippen LogP) is 3.10. The third-order valence-electron chi connectivity index (χ3n) is 2.42. The van der Waals surface area contributed by atoms with Crippen LogP contribution in [0, 0.1) is 5.92 Å². The van der Waals surface area contributed by atoms with Crippen LogP contribution in [0.5, 0.6) is 0 Å². The first kappa shape index (κ1) is 13.0. The first-order chi connectivity index (χ1) is 7.43. The van der Waals surface area contributed by atoms with Gasteiger partial charge in [-0.1, -0.05) is 19.1 Å². The zero-order valence-electron chi connectivity index (χ0n) is 9.43. The highest BCUT2D eigenvalue weighted by atomic mass is 19.4. The van der Waals surface area contributed by atoms with E-state index in [1.165, 1.54) is 0 Å². The summed E-state index contributed by atoms with van der Waals surface area (Å²) in [7, 11) is 1.86. The van der Waals surface area contributed by atoms with Crippen LogP contribution in [0.2, 0.25) is 0 Å². The third-order valence-corrected chi connectivity index (χ3v) is 2.42. The van der Waals surface area contributed by atoms with Gasteiger partial charge in [-0.25, -0.2) is 0 Å². The molecule has 1 N–H and O–H groups in total. The molecular formula is C12H16F3N. The normalized spacial score (nSPS) is 13.8. The highest BCUT2D eigenvalue weighted by Gasteiger charge is 2.29. The first-order valence-electron chi connectivity index (χ1n) is 5.24. The summed E-state index contributed by atoms with van der Waals surface area (Å²) in [6.07, 6.45) is -3.45. The summed E-state index contributed by atoms with van der Waals surface area (Å²) in [6, 6.07) is 5.38. The number of halogens is 3. The van der Waals surface area contributed by atoms with Crippen LogP contribution in [0.1, 0.15) is 18.1 Å². The second-order valence-corrected chi connectivity index (χ2v) is 4.06. The first-order valence-corrected chi connectivity index (χ1v) is 5.24. The van der Waals surface area contributed by atoms with Crippen molar-refractivity contribution in [2.75, 3.05) is 13.6 Å². The quantitative estimate of drug-likeness (QED) is 0.839. The van der Waals surface area contributed by atoms with Gasteiger partial charge in [0.1, 0.15) is 0 Å². The lowest BCUT2D eigenvalue weighted by molar-refractivity contribution is -0.137. The summed E-state index contributed by atoms with van der Waals surface area (Å²) in [4.78, 5) is 0. The molecule has 0 fully saturated rings. The lowest BCUT2D eigenvalue weighted by Crippen LogP contribution is -2.18. The zero-order chi connectivity index (χ0) is 12.2. The van der Waals surface area contributed by atoms with Crippen LogP contribution in [0.15, 0.2) is 24.3 Å². The van der Waals surface area contributed by atoms with E-state index in [4.69, 9.17) is 0 Å². The molecule has 16 heavy (non-hydrogen) atoms. The molecule has 1 aromatic carbocycles. The molecule has 1 aromatic rings. The Balaban J connectivity index is 2.65. The number of rotatable bonds is 4.